The maximum Gasteiger partial charge on any atom is 0.355 e. The smallest absolute Gasteiger partial charge is 0.355 e. The fraction of sp³-hybridized carbons (Fsp3) is 0.583. The first-order valence-corrected chi connectivity index (χ1v) is 6.97. The van der Waals surface area contributed by atoms with E-state index in [1.807, 2.05) is 11.8 Å². The van der Waals surface area contributed by atoms with E-state index in [0.29, 0.717) is 0 Å². The van der Waals surface area contributed by atoms with Crippen LogP contribution in [0.2, 0.25) is 0 Å². The zero-order valence-corrected chi connectivity index (χ0v) is 11.1. The lowest BCUT2D eigenvalue weighted by Gasteiger charge is -2.26. The number of nitrogens with zero attached hydrogens (tertiary/aromatic N) is 2. The number of amides is 1. The Hall–Kier alpha value is -1.43. The molecule has 0 aromatic carbocycles. The van der Waals surface area contributed by atoms with Gasteiger partial charge >= 0.3 is 5.97 Å². The van der Waals surface area contributed by atoms with Crippen molar-refractivity contribution >= 4 is 23.2 Å². The Bertz CT molecular complexity index is 458. The monoisotopic (exact) mass is 268 g/mol. The molecule has 1 fully saturated rings. The summed E-state index contributed by atoms with van der Waals surface area (Å²) in [7, 11) is 0. The topological polar surface area (TPSA) is 70.5 Å². The fourth-order valence-corrected chi connectivity index (χ4v) is 2.92. The Morgan fingerprint density at radius 2 is 2.22 bits per heavy atom. The van der Waals surface area contributed by atoms with Gasteiger partial charge in [-0.2, -0.15) is 0 Å². The zero-order chi connectivity index (χ0) is 13.1. The molecule has 1 amide bonds. The van der Waals surface area contributed by atoms with Gasteiger partial charge in [0.2, 0.25) is 0 Å². The minimum Gasteiger partial charge on any atom is -0.476 e. The third-order valence-corrected chi connectivity index (χ3v) is 4.05. The number of carbonyl (C=O) groups excluding carboxylic acids is 1. The van der Waals surface area contributed by atoms with Crippen molar-refractivity contribution in [1.82, 2.24) is 9.88 Å². The number of hydrogen-bond donors (Lipinski definition) is 1. The molecule has 1 saturated heterocycles. The summed E-state index contributed by atoms with van der Waals surface area (Å²) >= 11 is 1.11. The SMILES string of the molecule is CC1CCCCCN1C(=O)c1nc(C(=O)O)cs1. The van der Waals surface area contributed by atoms with Crippen molar-refractivity contribution in [3.63, 3.8) is 0 Å². The molecule has 0 aliphatic carbocycles. The predicted molar refractivity (Wildman–Crippen MR) is 68.0 cm³/mol. The second kappa shape index (κ2) is 5.48. The van der Waals surface area contributed by atoms with Crippen molar-refractivity contribution in [2.45, 2.75) is 38.6 Å². The Morgan fingerprint density at radius 3 is 2.89 bits per heavy atom. The first-order chi connectivity index (χ1) is 8.59. The molecule has 0 saturated carbocycles. The maximum atomic E-state index is 12.3. The molecule has 1 aliphatic heterocycles. The number of aromatic carboxylic acids is 1. The van der Waals surface area contributed by atoms with Gasteiger partial charge in [0.25, 0.3) is 5.91 Å². The van der Waals surface area contributed by atoms with Gasteiger partial charge < -0.3 is 10.0 Å². The Morgan fingerprint density at radius 1 is 1.44 bits per heavy atom. The number of carboxylic acids is 1. The van der Waals surface area contributed by atoms with Gasteiger partial charge in [-0.3, -0.25) is 4.79 Å². The summed E-state index contributed by atoms with van der Waals surface area (Å²) in [6.07, 6.45) is 4.30. The molecule has 6 heteroatoms. The molecule has 0 spiro atoms. The zero-order valence-electron chi connectivity index (χ0n) is 10.3. The number of rotatable bonds is 2. The van der Waals surface area contributed by atoms with E-state index in [9.17, 15) is 9.59 Å². The molecule has 1 aromatic heterocycles. The van der Waals surface area contributed by atoms with Crippen LogP contribution in [0.3, 0.4) is 0 Å². The molecule has 1 aromatic rings. The van der Waals surface area contributed by atoms with Crippen LogP contribution in [0.15, 0.2) is 5.38 Å². The van der Waals surface area contributed by atoms with Crippen LogP contribution >= 0.6 is 11.3 Å². The van der Waals surface area contributed by atoms with Crippen molar-refractivity contribution in [3.05, 3.63) is 16.1 Å². The van der Waals surface area contributed by atoms with Crippen LogP contribution in [0.1, 0.15) is 52.9 Å². The van der Waals surface area contributed by atoms with Gasteiger partial charge in [-0.25, -0.2) is 9.78 Å². The number of carbonyl (C=O) groups is 2. The third-order valence-electron chi connectivity index (χ3n) is 3.22. The summed E-state index contributed by atoms with van der Waals surface area (Å²) in [4.78, 5) is 28.7. The van der Waals surface area contributed by atoms with Crippen molar-refractivity contribution in [2.24, 2.45) is 0 Å². The van der Waals surface area contributed by atoms with E-state index >= 15 is 0 Å². The molecule has 1 unspecified atom stereocenters. The van der Waals surface area contributed by atoms with Crippen molar-refractivity contribution in [2.75, 3.05) is 6.54 Å². The van der Waals surface area contributed by atoms with Crippen molar-refractivity contribution < 1.29 is 14.7 Å². The van der Waals surface area contributed by atoms with Crippen LogP contribution < -0.4 is 0 Å². The molecule has 0 radical (unpaired) electrons. The van der Waals surface area contributed by atoms with Gasteiger partial charge in [-0.15, -0.1) is 11.3 Å². The minimum atomic E-state index is -1.09. The van der Waals surface area contributed by atoms with Gasteiger partial charge in [0, 0.05) is 18.0 Å². The Kier molecular flexibility index (Phi) is 3.96. The molecule has 1 N–H and O–H groups in total. The number of carboxylic acid groups (broad SMARTS) is 1. The Labute approximate surface area is 109 Å². The van der Waals surface area contributed by atoms with Gasteiger partial charge in [0.15, 0.2) is 10.7 Å². The van der Waals surface area contributed by atoms with Gasteiger partial charge in [-0.1, -0.05) is 12.8 Å². The normalized spacial score (nSPS) is 20.5. The van der Waals surface area contributed by atoms with Crippen LogP contribution in [0.4, 0.5) is 0 Å². The van der Waals surface area contributed by atoms with Gasteiger partial charge in [0.05, 0.1) is 0 Å². The molecular formula is C12H16N2O3S. The molecule has 0 bridgehead atoms. The van der Waals surface area contributed by atoms with Crippen molar-refractivity contribution in [1.29, 1.82) is 0 Å². The standard InChI is InChI=1S/C12H16N2O3S/c1-8-5-3-2-4-6-14(8)11(15)10-13-9(7-18-10)12(16)17/h7-8H,2-6H2,1H3,(H,16,17). The van der Waals surface area contributed by atoms with E-state index in [-0.39, 0.29) is 22.7 Å². The van der Waals surface area contributed by atoms with E-state index in [1.54, 1.807) is 0 Å². The first-order valence-electron chi connectivity index (χ1n) is 6.09. The average Bonchev–Trinajstić information content (AvgIpc) is 2.73. The molecule has 1 atom stereocenters. The molecule has 5 nitrogen and oxygen atoms in total. The van der Waals surface area contributed by atoms with Gasteiger partial charge in [-0.05, 0) is 19.8 Å². The van der Waals surface area contributed by atoms with Crippen LogP contribution in [0, 0.1) is 0 Å². The number of thiazole rings is 1. The largest absolute Gasteiger partial charge is 0.476 e. The van der Waals surface area contributed by atoms with E-state index in [1.165, 1.54) is 5.38 Å². The molecule has 2 heterocycles. The summed E-state index contributed by atoms with van der Waals surface area (Å²) in [5.41, 5.74) is -0.0502. The quantitative estimate of drug-likeness (QED) is 0.893. The summed E-state index contributed by atoms with van der Waals surface area (Å²) in [6, 6.07) is 0.206. The highest BCUT2D eigenvalue weighted by atomic mass is 32.1. The second-order valence-corrected chi connectivity index (χ2v) is 5.40. The minimum absolute atomic E-state index is 0.0502. The average molecular weight is 268 g/mol. The number of likely N-dealkylation sites (tertiary alicyclic amines) is 1. The van der Waals surface area contributed by atoms with Crippen LogP contribution in [-0.4, -0.2) is 39.5 Å². The fourth-order valence-electron chi connectivity index (χ4n) is 2.17. The third kappa shape index (κ3) is 2.69. The first kappa shape index (κ1) is 13.0. The van der Waals surface area contributed by atoms with Crippen LogP contribution in [0.25, 0.3) is 0 Å². The summed E-state index contributed by atoms with van der Waals surface area (Å²) in [5, 5.41) is 10.5. The Balaban J connectivity index is 2.15. The molecule has 98 valence electrons. The summed E-state index contributed by atoms with van der Waals surface area (Å²) in [5.74, 6) is -1.23. The lowest BCUT2D eigenvalue weighted by Crippen LogP contribution is -2.38. The molecule has 2 rings (SSSR count). The summed E-state index contributed by atoms with van der Waals surface area (Å²) < 4.78 is 0. The lowest BCUT2D eigenvalue weighted by molar-refractivity contribution is 0.0689. The number of hydrogen-bond acceptors (Lipinski definition) is 4. The van der Waals surface area contributed by atoms with Crippen molar-refractivity contribution in [3.8, 4) is 0 Å². The molecule has 1 aliphatic rings. The van der Waals surface area contributed by atoms with Crippen LogP contribution in [-0.2, 0) is 0 Å². The second-order valence-electron chi connectivity index (χ2n) is 4.54. The highest BCUT2D eigenvalue weighted by Crippen LogP contribution is 2.20. The van der Waals surface area contributed by atoms with Gasteiger partial charge in [0.1, 0.15) is 0 Å². The van der Waals surface area contributed by atoms with E-state index in [2.05, 4.69) is 4.98 Å². The van der Waals surface area contributed by atoms with Crippen LogP contribution in [0.5, 0.6) is 0 Å². The number of aromatic nitrogens is 1. The van der Waals surface area contributed by atoms with E-state index < -0.39 is 5.97 Å². The van der Waals surface area contributed by atoms with E-state index in [4.69, 9.17) is 5.11 Å². The molecular weight excluding hydrogens is 252 g/mol. The highest BCUT2D eigenvalue weighted by molar-refractivity contribution is 7.11. The predicted octanol–water partition coefficient (Wildman–Crippen LogP) is 2.25. The lowest BCUT2D eigenvalue weighted by atomic mass is 10.1. The molecule has 18 heavy (non-hydrogen) atoms. The van der Waals surface area contributed by atoms with E-state index in [0.717, 1.165) is 43.6 Å². The highest BCUT2D eigenvalue weighted by Gasteiger charge is 2.25. The summed E-state index contributed by atoms with van der Waals surface area (Å²) in [6.45, 7) is 2.77. The maximum absolute atomic E-state index is 12.3.